The average molecular weight is 350 g/mol. The molecule has 26 heavy (non-hydrogen) atoms. The van der Waals surface area contributed by atoms with E-state index < -0.39 is 17.1 Å². The molecule has 6 heteroatoms. The predicted molar refractivity (Wildman–Crippen MR) is 96.9 cm³/mol. The van der Waals surface area contributed by atoms with E-state index in [4.69, 9.17) is 4.74 Å². The summed E-state index contributed by atoms with van der Waals surface area (Å²) in [6, 6.07) is 14.2. The van der Waals surface area contributed by atoms with Crippen molar-refractivity contribution in [2.75, 3.05) is 7.11 Å². The number of aryl methyl sites for hydroxylation is 1. The number of H-pyrrole nitrogens is 1. The van der Waals surface area contributed by atoms with Crippen LogP contribution in [0.15, 0.2) is 53.3 Å². The Morgan fingerprint density at radius 2 is 1.96 bits per heavy atom. The number of carbonyl (C=O) groups excluding carboxylic acids is 1. The summed E-state index contributed by atoms with van der Waals surface area (Å²) < 4.78 is 5.11. The molecule has 0 saturated heterocycles. The summed E-state index contributed by atoms with van der Waals surface area (Å²) in [7, 11) is 1.49. The zero-order valence-corrected chi connectivity index (χ0v) is 14.4. The molecule has 0 radical (unpaired) electrons. The van der Waals surface area contributed by atoms with Crippen molar-refractivity contribution in [3.8, 4) is 11.5 Å². The van der Waals surface area contributed by atoms with Crippen LogP contribution < -0.4 is 10.3 Å². The molecule has 0 atom stereocenters. The molecule has 0 aliphatic carbocycles. The van der Waals surface area contributed by atoms with Crippen LogP contribution in [-0.4, -0.2) is 28.0 Å². The molecule has 3 rings (SSSR count). The van der Waals surface area contributed by atoms with E-state index in [1.165, 1.54) is 13.2 Å². The summed E-state index contributed by atoms with van der Waals surface area (Å²) in [6.07, 6.45) is 0.343. The van der Waals surface area contributed by atoms with Gasteiger partial charge in [0.25, 0.3) is 5.56 Å². The molecule has 2 aromatic carbocycles. The van der Waals surface area contributed by atoms with Crippen LogP contribution in [0.25, 0.3) is 0 Å². The number of rotatable bonds is 5. The topological polar surface area (TPSA) is 92.3 Å². The number of carbonyl (C=O) groups is 1. The van der Waals surface area contributed by atoms with Crippen LogP contribution >= 0.6 is 0 Å². The van der Waals surface area contributed by atoms with Gasteiger partial charge in [0.15, 0.2) is 5.69 Å². The van der Waals surface area contributed by atoms with E-state index in [0.717, 1.165) is 11.1 Å². The lowest BCUT2D eigenvalue weighted by atomic mass is 10.1. The maximum Gasteiger partial charge on any atom is 0.293 e. The second kappa shape index (κ2) is 7.23. The highest BCUT2D eigenvalue weighted by molar-refractivity contribution is 6.09. The molecule has 0 aliphatic rings. The van der Waals surface area contributed by atoms with Crippen molar-refractivity contribution in [2.45, 2.75) is 13.3 Å². The second-order valence-corrected chi connectivity index (χ2v) is 5.94. The Morgan fingerprint density at radius 1 is 1.19 bits per heavy atom. The van der Waals surface area contributed by atoms with E-state index in [0.29, 0.717) is 18.0 Å². The van der Waals surface area contributed by atoms with Crippen LogP contribution in [-0.2, 0) is 6.42 Å². The van der Waals surface area contributed by atoms with E-state index in [9.17, 15) is 14.7 Å². The Morgan fingerprint density at radius 3 is 2.69 bits per heavy atom. The molecule has 3 aromatic rings. The van der Waals surface area contributed by atoms with Crippen LogP contribution in [0.4, 0.5) is 0 Å². The third kappa shape index (κ3) is 3.64. The molecule has 0 amide bonds. The van der Waals surface area contributed by atoms with Crippen molar-refractivity contribution in [3.05, 3.63) is 87.1 Å². The number of ketones is 1. The second-order valence-electron chi connectivity index (χ2n) is 5.94. The first-order valence-corrected chi connectivity index (χ1v) is 8.04. The smallest absolute Gasteiger partial charge is 0.293 e. The van der Waals surface area contributed by atoms with Gasteiger partial charge < -0.3 is 14.8 Å². The number of aromatic hydroxyl groups is 1. The molecule has 6 nitrogen and oxygen atoms in total. The highest BCUT2D eigenvalue weighted by Crippen LogP contribution is 2.19. The molecule has 2 N–H and O–H groups in total. The van der Waals surface area contributed by atoms with Crippen molar-refractivity contribution in [2.24, 2.45) is 0 Å². The summed E-state index contributed by atoms with van der Waals surface area (Å²) in [5.41, 5.74) is 1.28. The molecule has 0 aliphatic heterocycles. The van der Waals surface area contributed by atoms with Gasteiger partial charge in [0, 0.05) is 12.0 Å². The third-order valence-corrected chi connectivity index (χ3v) is 3.95. The number of hydrogen-bond acceptors (Lipinski definition) is 5. The zero-order chi connectivity index (χ0) is 18.7. The van der Waals surface area contributed by atoms with E-state index in [1.807, 2.05) is 31.2 Å². The lowest BCUT2D eigenvalue weighted by Gasteiger charge is -2.08. The van der Waals surface area contributed by atoms with Crippen molar-refractivity contribution < 1.29 is 14.6 Å². The normalized spacial score (nSPS) is 10.5. The molecule has 1 aromatic heterocycles. The van der Waals surface area contributed by atoms with Gasteiger partial charge in [-0.15, -0.1) is 0 Å². The summed E-state index contributed by atoms with van der Waals surface area (Å²) in [5.74, 6) is -0.423. The number of hydrogen-bond donors (Lipinski definition) is 2. The minimum Gasteiger partial charge on any atom is -0.501 e. The predicted octanol–water partition coefficient (Wildman–Crippen LogP) is 2.61. The molecule has 0 spiro atoms. The third-order valence-electron chi connectivity index (χ3n) is 3.95. The van der Waals surface area contributed by atoms with E-state index in [-0.39, 0.29) is 11.3 Å². The number of nitrogens with zero attached hydrogens (tertiary/aromatic N) is 1. The molecule has 1 heterocycles. The highest BCUT2D eigenvalue weighted by Gasteiger charge is 2.20. The number of ether oxygens (including phenoxy) is 1. The molecular weight excluding hydrogens is 332 g/mol. The Hall–Kier alpha value is -3.41. The lowest BCUT2D eigenvalue weighted by Crippen LogP contribution is -2.18. The quantitative estimate of drug-likeness (QED) is 0.690. The van der Waals surface area contributed by atoms with Crippen molar-refractivity contribution in [1.82, 2.24) is 9.97 Å². The van der Waals surface area contributed by atoms with Gasteiger partial charge in [-0.3, -0.25) is 9.59 Å². The van der Waals surface area contributed by atoms with Gasteiger partial charge in [0.1, 0.15) is 11.6 Å². The van der Waals surface area contributed by atoms with E-state index in [1.54, 1.807) is 18.2 Å². The standard InChI is InChI=1S/C20H18N2O4/c1-12-5-3-6-13(9-12)10-16-21-17(19(24)20(25)22-16)18(23)14-7-4-8-15(11-14)26-2/h3-9,11,24H,10H2,1-2H3,(H,21,22,25). The number of nitrogens with one attached hydrogen (secondary N) is 1. The van der Waals surface area contributed by atoms with Crippen LogP contribution in [0.2, 0.25) is 0 Å². The Bertz CT molecular complexity index is 1020. The summed E-state index contributed by atoms with van der Waals surface area (Å²) in [5, 5.41) is 10.0. The number of aromatic amines is 1. The molecule has 0 unspecified atom stereocenters. The summed E-state index contributed by atoms with van der Waals surface area (Å²) in [6.45, 7) is 1.97. The SMILES string of the molecule is COc1cccc(C(=O)c2nc(Cc3cccc(C)c3)[nH]c(=O)c2O)c1. The number of benzene rings is 2. The molecular formula is C20H18N2O4. The van der Waals surface area contributed by atoms with Crippen LogP contribution in [0.3, 0.4) is 0 Å². The van der Waals surface area contributed by atoms with Gasteiger partial charge in [-0.2, -0.15) is 0 Å². The first-order valence-electron chi connectivity index (χ1n) is 8.04. The van der Waals surface area contributed by atoms with Crippen LogP contribution in [0.1, 0.15) is 33.0 Å². The highest BCUT2D eigenvalue weighted by atomic mass is 16.5. The largest absolute Gasteiger partial charge is 0.501 e. The molecule has 0 bridgehead atoms. The maximum absolute atomic E-state index is 12.7. The summed E-state index contributed by atoms with van der Waals surface area (Å²) in [4.78, 5) is 31.5. The fourth-order valence-electron chi connectivity index (χ4n) is 2.67. The maximum atomic E-state index is 12.7. The lowest BCUT2D eigenvalue weighted by molar-refractivity contribution is 0.103. The van der Waals surface area contributed by atoms with E-state index in [2.05, 4.69) is 9.97 Å². The van der Waals surface area contributed by atoms with Gasteiger partial charge in [-0.1, -0.05) is 42.0 Å². The molecule has 0 fully saturated rings. The average Bonchev–Trinajstić information content (AvgIpc) is 2.64. The fourth-order valence-corrected chi connectivity index (χ4v) is 2.67. The van der Waals surface area contributed by atoms with Crippen LogP contribution in [0, 0.1) is 6.92 Å². The first-order chi connectivity index (χ1) is 12.5. The van der Waals surface area contributed by atoms with Gasteiger partial charge in [0.05, 0.1) is 7.11 Å². The van der Waals surface area contributed by atoms with Crippen LogP contribution in [0.5, 0.6) is 11.5 Å². The van der Waals surface area contributed by atoms with Crippen molar-refractivity contribution >= 4 is 5.78 Å². The zero-order valence-electron chi connectivity index (χ0n) is 14.4. The van der Waals surface area contributed by atoms with E-state index >= 15 is 0 Å². The molecule has 132 valence electrons. The van der Waals surface area contributed by atoms with Crippen molar-refractivity contribution in [3.63, 3.8) is 0 Å². The van der Waals surface area contributed by atoms with Gasteiger partial charge >= 0.3 is 0 Å². The van der Waals surface area contributed by atoms with Gasteiger partial charge in [-0.25, -0.2) is 4.98 Å². The Labute approximate surface area is 150 Å². The Kier molecular flexibility index (Phi) is 4.84. The first kappa shape index (κ1) is 17.4. The van der Waals surface area contributed by atoms with Gasteiger partial charge in [-0.05, 0) is 24.6 Å². The van der Waals surface area contributed by atoms with Crippen molar-refractivity contribution in [1.29, 1.82) is 0 Å². The minimum atomic E-state index is -0.742. The number of methoxy groups -OCH3 is 1. The molecule has 0 saturated carbocycles. The minimum absolute atomic E-state index is 0.273. The fraction of sp³-hybridized carbons (Fsp3) is 0.150. The number of aromatic nitrogens is 2. The van der Waals surface area contributed by atoms with Gasteiger partial charge in [0.2, 0.25) is 11.5 Å². The Balaban J connectivity index is 2.00. The monoisotopic (exact) mass is 350 g/mol. The summed E-state index contributed by atoms with van der Waals surface area (Å²) >= 11 is 0.